The predicted molar refractivity (Wildman–Crippen MR) is 74.2 cm³/mol. The second-order valence-electron chi connectivity index (χ2n) is 6.04. The molecule has 22 heavy (non-hydrogen) atoms. The highest BCUT2D eigenvalue weighted by atomic mass is 19.4. The number of carbonyl (C=O) groups excluding carboxylic acids is 2. The number of alkyl carbamates (subject to hydrolysis) is 1. The van der Waals surface area contributed by atoms with Crippen molar-refractivity contribution >= 4 is 12.0 Å². The number of hydrogen-bond acceptors (Lipinski definition) is 3. The molecule has 0 saturated carbocycles. The summed E-state index contributed by atoms with van der Waals surface area (Å²) in [4.78, 5) is 23.7. The fourth-order valence-electron chi connectivity index (χ4n) is 2.11. The summed E-state index contributed by atoms with van der Waals surface area (Å²) in [6.45, 7) is 6.54. The van der Waals surface area contributed by atoms with Gasteiger partial charge in [-0.2, -0.15) is 13.2 Å². The van der Waals surface area contributed by atoms with Gasteiger partial charge < -0.3 is 15.0 Å². The number of rotatable bonds is 2. The summed E-state index contributed by atoms with van der Waals surface area (Å²) in [6, 6.07) is -0.681. The molecule has 0 aromatic carbocycles. The van der Waals surface area contributed by atoms with E-state index >= 15 is 0 Å². The number of hydrogen-bond donors (Lipinski definition) is 1. The molecule has 8 heteroatoms. The number of amides is 2. The molecule has 0 aliphatic carbocycles. The van der Waals surface area contributed by atoms with Crippen LogP contribution in [0.15, 0.2) is 11.6 Å². The lowest BCUT2D eigenvalue weighted by molar-refractivity contribution is -0.185. The summed E-state index contributed by atoms with van der Waals surface area (Å²) in [5, 5.41) is 2.52. The molecular weight excluding hydrogens is 301 g/mol. The van der Waals surface area contributed by atoms with Gasteiger partial charge in [-0.15, -0.1) is 0 Å². The van der Waals surface area contributed by atoms with Crippen LogP contribution >= 0.6 is 0 Å². The van der Waals surface area contributed by atoms with Crippen LogP contribution in [0.3, 0.4) is 0 Å². The van der Waals surface area contributed by atoms with Gasteiger partial charge in [0.1, 0.15) is 5.60 Å². The Morgan fingerprint density at radius 2 is 1.95 bits per heavy atom. The van der Waals surface area contributed by atoms with Gasteiger partial charge in [-0.25, -0.2) is 4.79 Å². The van der Waals surface area contributed by atoms with Crippen LogP contribution in [0.2, 0.25) is 0 Å². The van der Waals surface area contributed by atoms with Crippen molar-refractivity contribution in [1.29, 1.82) is 0 Å². The van der Waals surface area contributed by atoms with E-state index in [1.165, 1.54) is 6.08 Å². The summed E-state index contributed by atoms with van der Waals surface area (Å²) >= 11 is 0. The smallest absolute Gasteiger partial charge is 0.444 e. The van der Waals surface area contributed by atoms with Crippen molar-refractivity contribution in [3.8, 4) is 0 Å². The molecule has 0 fully saturated rings. The minimum atomic E-state index is -4.92. The molecule has 0 aromatic heterocycles. The summed E-state index contributed by atoms with van der Waals surface area (Å²) in [6.07, 6.45) is -3.55. The molecule has 1 aliphatic rings. The zero-order chi connectivity index (χ0) is 17.1. The maximum absolute atomic E-state index is 12.5. The molecule has 0 aromatic rings. The molecule has 0 radical (unpaired) electrons. The van der Waals surface area contributed by atoms with Crippen molar-refractivity contribution in [2.75, 3.05) is 13.1 Å². The molecule has 2 amide bonds. The molecule has 0 bridgehead atoms. The maximum Gasteiger partial charge on any atom is 0.471 e. The molecule has 1 atom stereocenters. The van der Waals surface area contributed by atoms with Crippen LogP contribution in [0.1, 0.15) is 34.1 Å². The van der Waals surface area contributed by atoms with Crippen molar-refractivity contribution in [3.63, 3.8) is 0 Å². The largest absolute Gasteiger partial charge is 0.471 e. The van der Waals surface area contributed by atoms with Crippen molar-refractivity contribution in [2.24, 2.45) is 0 Å². The van der Waals surface area contributed by atoms with E-state index in [9.17, 15) is 22.8 Å². The molecule has 0 saturated heterocycles. The first kappa shape index (κ1) is 18.3. The zero-order valence-corrected chi connectivity index (χ0v) is 13.1. The van der Waals surface area contributed by atoms with Crippen molar-refractivity contribution in [2.45, 2.75) is 51.9 Å². The Morgan fingerprint density at radius 3 is 2.41 bits per heavy atom. The average Bonchev–Trinajstić information content (AvgIpc) is 2.34. The Bertz CT molecular complexity index is 467. The number of carbonyl (C=O) groups is 2. The lowest BCUT2D eigenvalue weighted by Gasteiger charge is -2.34. The van der Waals surface area contributed by atoms with Crippen LogP contribution in [0, 0.1) is 0 Å². The highest BCUT2D eigenvalue weighted by molar-refractivity contribution is 5.82. The quantitative estimate of drug-likeness (QED) is 0.795. The summed E-state index contributed by atoms with van der Waals surface area (Å²) < 4.78 is 42.6. The third-order valence-electron chi connectivity index (χ3n) is 3.05. The van der Waals surface area contributed by atoms with Crippen molar-refractivity contribution in [3.05, 3.63) is 11.6 Å². The minimum Gasteiger partial charge on any atom is -0.444 e. The van der Waals surface area contributed by atoms with E-state index in [4.69, 9.17) is 4.74 Å². The van der Waals surface area contributed by atoms with E-state index < -0.39 is 29.8 Å². The van der Waals surface area contributed by atoms with Crippen molar-refractivity contribution < 1.29 is 27.5 Å². The minimum absolute atomic E-state index is 0.117. The van der Waals surface area contributed by atoms with Gasteiger partial charge in [-0.3, -0.25) is 4.79 Å². The normalized spacial score (nSPS) is 19.5. The highest BCUT2D eigenvalue weighted by Gasteiger charge is 2.43. The predicted octanol–water partition coefficient (Wildman–Crippen LogP) is 2.62. The molecule has 1 unspecified atom stereocenters. The molecule has 1 rings (SSSR count). The van der Waals surface area contributed by atoms with Gasteiger partial charge in [-0.1, -0.05) is 13.0 Å². The Hall–Kier alpha value is -1.73. The first-order chi connectivity index (χ1) is 9.94. The van der Waals surface area contributed by atoms with E-state index in [2.05, 4.69) is 5.32 Å². The maximum atomic E-state index is 12.5. The second kappa shape index (κ2) is 6.58. The molecule has 1 heterocycles. The zero-order valence-electron chi connectivity index (χ0n) is 13.1. The molecule has 1 N–H and O–H groups in total. The number of alkyl halides is 3. The SMILES string of the molecule is CCC1=CCN(C(=O)C(F)(F)F)CC1NC(=O)OC(C)(C)C. The molecule has 5 nitrogen and oxygen atoms in total. The van der Waals surface area contributed by atoms with Crippen molar-refractivity contribution in [1.82, 2.24) is 10.2 Å². The summed E-state index contributed by atoms with van der Waals surface area (Å²) in [7, 11) is 0. The molecule has 1 aliphatic heterocycles. The summed E-state index contributed by atoms with van der Waals surface area (Å²) in [5.74, 6) is -1.91. The van der Waals surface area contributed by atoms with Gasteiger partial charge in [-0.05, 0) is 32.8 Å². The van der Waals surface area contributed by atoms with Crippen LogP contribution in [0.5, 0.6) is 0 Å². The first-order valence-corrected chi connectivity index (χ1v) is 6.98. The average molecular weight is 322 g/mol. The van der Waals surface area contributed by atoms with Crippen LogP contribution in [-0.4, -0.2) is 47.8 Å². The molecular formula is C14H21F3N2O3. The third kappa shape index (κ3) is 5.23. The fourth-order valence-corrected chi connectivity index (χ4v) is 2.11. The number of ether oxygens (including phenoxy) is 1. The van der Waals surface area contributed by atoms with Gasteiger partial charge in [0, 0.05) is 13.1 Å². The van der Waals surface area contributed by atoms with Gasteiger partial charge in [0.2, 0.25) is 0 Å². The number of nitrogens with one attached hydrogen (secondary N) is 1. The Balaban J connectivity index is 2.79. The van der Waals surface area contributed by atoms with E-state index in [0.29, 0.717) is 11.3 Å². The second-order valence-corrected chi connectivity index (χ2v) is 6.04. The fraction of sp³-hybridized carbons (Fsp3) is 0.714. The van der Waals surface area contributed by atoms with Gasteiger partial charge in [0.25, 0.3) is 0 Å². The summed E-state index contributed by atoms with van der Waals surface area (Å²) in [5.41, 5.74) is 0.0631. The Kier molecular flexibility index (Phi) is 5.48. The van der Waals surface area contributed by atoms with Crippen LogP contribution in [0.25, 0.3) is 0 Å². The number of halogens is 3. The van der Waals surface area contributed by atoms with Crippen LogP contribution in [0.4, 0.5) is 18.0 Å². The number of nitrogens with zero attached hydrogens (tertiary/aromatic N) is 1. The van der Waals surface area contributed by atoms with E-state index in [-0.39, 0.29) is 13.1 Å². The first-order valence-electron chi connectivity index (χ1n) is 6.98. The standard InChI is InChI=1S/C14H21F3N2O3/c1-5-9-6-7-19(11(20)14(15,16)17)8-10(9)18-12(21)22-13(2,3)4/h6,10H,5,7-8H2,1-4H3,(H,18,21). The highest BCUT2D eigenvalue weighted by Crippen LogP contribution is 2.22. The van der Waals surface area contributed by atoms with E-state index in [1.54, 1.807) is 20.8 Å². The monoisotopic (exact) mass is 322 g/mol. The third-order valence-corrected chi connectivity index (χ3v) is 3.05. The Labute approximate surface area is 127 Å². The van der Waals surface area contributed by atoms with Gasteiger partial charge in [0.15, 0.2) is 0 Å². The molecule has 0 spiro atoms. The lowest BCUT2D eigenvalue weighted by Crippen LogP contribution is -2.53. The Morgan fingerprint density at radius 1 is 1.36 bits per heavy atom. The van der Waals surface area contributed by atoms with E-state index in [1.807, 2.05) is 6.92 Å². The van der Waals surface area contributed by atoms with Crippen LogP contribution < -0.4 is 5.32 Å². The van der Waals surface area contributed by atoms with Gasteiger partial charge >= 0.3 is 18.2 Å². The van der Waals surface area contributed by atoms with Crippen LogP contribution in [-0.2, 0) is 9.53 Å². The van der Waals surface area contributed by atoms with E-state index in [0.717, 1.165) is 5.57 Å². The topological polar surface area (TPSA) is 58.6 Å². The van der Waals surface area contributed by atoms with Gasteiger partial charge in [0.05, 0.1) is 6.04 Å². The molecule has 126 valence electrons. The lowest BCUT2D eigenvalue weighted by atomic mass is 10.00.